The van der Waals surface area contributed by atoms with Gasteiger partial charge in [0, 0.05) is 43.3 Å². The summed E-state index contributed by atoms with van der Waals surface area (Å²) >= 11 is 0. The molecule has 2 heterocycles. The van der Waals surface area contributed by atoms with Gasteiger partial charge in [-0.1, -0.05) is 48.5 Å². The fourth-order valence-electron chi connectivity index (χ4n) is 3.74. The van der Waals surface area contributed by atoms with Crippen molar-refractivity contribution in [3.63, 3.8) is 0 Å². The highest BCUT2D eigenvalue weighted by Crippen LogP contribution is 2.23. The summed E-state index contributed by atoms with van der Waals surface area (Å²) in [4.78, 5) is 14.5. The number of carbonyl (C=O) groups excluding carboxylic acids is 1. The first-order chi connectivity index (χ1) is 15.0. The maximum atomic E-state index is 12.8. The average Bonchev–Trinajstić information content (AvgIpc) is 3.39. The van der Waals surface area contributed by atoms with Crippen LogP contribution < -0.4 is 0 Å². The minimum Gasteiger partial charge on any atom is -0.461 e. The van der Waals surface area contributed by atoms with E-state index in [1.165, 1.54) is 0 Å². The van der Waals surface area contributed by atoms with Gasteiger partial charge in [-0.3, -0.25) is 4.79 Å². The van der Waals surface area contributed by atoms with Crippen molar-refractivity contribution in [1.29, 1.82) is 0 Å². The second kappa shape index (κ2) is 9.04. The molecular weight excluding hydrogens is 386 g/mol. The number of hydrogen-bond donors (Lipinski definition) is 0. The lowest BCUT2D eigenvalue weighted by molar-refractivity contribution is -0.130. The molecule has 4 rings (SSSR count). The van der Waals surface area contributed by atoms with Gasteiger partial charge in [-0.25, -0.2) is 4.68 Å². The third kappa shape index (κ3) is 4.61. The van der Waals surface area contributed by atoms with Gasteiger partial charge in [0.25, 0.3) is 0 Å². The van der Waals surface area contributed by atoms with Crippen molar-refractivity contribution < 1.29 is 9.21 Å². The molecule has 158 valence electrons. The molecule has 0 radical (unpaired) electrons. The molecule has 0 aliphatic carbocycles. The van der Waals surface area contributed by atoms with E-state index in [9.17, 15) is 4.79 Å². The molecule has 1 amide bonds. The van der Waals surface area contributed by atoms with E-state index in [0.717, 1.165) is 39.7 Å². The smallest absolute Gasteiger partial charge is 0.223 e. The van der Waals surface area contributed by atoms with Crippen molar-refractivity contribution in [1.82, 2.24) is 14.7 Å². The molecule has 31 heavy (non-hydrogen) atoms. The molecule has 0 saturated heterocycles. The Balaban J connectivity index is 1.38. The van der Waals surface area contributed by atoms with Crippen molar-refractivity contribution in [2.75, 3.05) is 7.05 Å². The quantitative estimate of drug-likeness (QED) is 0.411. The second-order valence-electron chi connectivity index (χ2n) is 7.78. The van der Waals surface area contributed by atoms with E-state index in [4.69, 9.17) is 4.42 Å². The maximum absolute atomic E-state index is 12.8. The monoisotopic (exact) mass is 413 g/mol. The molecule has 0 aliphatic heterocycles. The van der Waals surface area contributed by atoms with Crippen molar-refractivity contribution in [3.8, 4) is 17.0 Å². The number of amides is 1. The van der Waals surface area contributed by atoms with Crippen LogP contribution in [0.2, 0.25) is 0 Å². The van der Waals surface area contributed by atoms with Gasteiger partial charge in [0.05, 0.1) is 11.4 Å². The third-order valence-electron chi connectivity index (χ3n) is 5.57. The van der Waals surface area contributed by atoms with E-state index in [0.29, 0.717) is 19.4 Å². The summed E-state index contributed by atoms with van der Waals surface area (Å²) in [5.41, 5.74) is 5.15. The molecule has 0 unspecified atom stereocenters. The van der Waals surface area contributed by atoms with Crippen molar-refractivity contribution >= 4 is 5.91 Å². The Morgan fingerprint density at radius 1 is 0.968 bits per heavy atom. The van der Waals surface area contributed by atoms with Gasteiger partial charge < -0.3 is 9.32 Å². The van der Waals surface area contributed by atoms with Crippen LogP contribution >= 0.6 is 0 Å². The number of para-hydroxylation sites is 1. The van der Waals surface area contributed by atoms with Crippen LogP contribution in [0, 0.1) is 13.8 Å². The van der Waals surface area contributed by atoms with Gasteiger partial charge in [0.2, 0.25) is 5.91 Å². The summed E-state index contributed by atoms with van der Waals surface area (Å²) in [5, 5.41) is 4.68. The molecule has 2 aromatic heterocycles. The van der Waals surface area contributed by atoms with E-state index in [-0.39, 0.29) is 5.91 Å². The summed E-state index contributed by atoms with van der Waals surface area (Å²) in [5.74, 6) is 1.74. The summed E-state index contributed by atoms with van der Waals surface area (Å²) in [6.45, 7) is 4.58. The van der Waals surface area contributed by atoms with E-state index < -0.39 is 0 Å². The maximum Gasteiger partial charge on any atom is 0.223 e. The number of aromatic nitrogens is 2. The summed E-state index contributed by atoms with van der Waals surface area (Å²) in [7, 11) is 1.85. The zero-order chi connectivity index (χ0) is 21.8. The Morgan fingerprint density at radius 3 is 2.35 bits per heavy atom. The van der Waals surface area contributed by atoms with Crippen LogP contribution in [-0.4, -0.2) is 27.6 Å². The molecule has 0 atom stereocenters. The molecule has 4 aromatic rings. The fraction of sp³-hybridized carbons (Fsp3) is 0.231. The van der Waals surface area contributed by atoms with Crippen LogP contribution in [0.1, 0.15) is 29.1 Å². The average molecular weight is 414 g/mol. The highest BCUT2D eigenvalue weighted by Gasteiger charge is 2.17. The first-order valence-electron chi connectivity index (χ1n) is 10.5. The molecule has 0 saturated carbocycles. The molecule has 0 spiro atoms. The lowest BCUT2D eigenvalue weighted by atomic mass is 10.1. The third-order valence-corrected chi connectivity index (χ3v) is 5.57. The molecule has 2 aromatic carbocycles. The molecular formula is C26H27N3O2. The number of carbonyl (C=O) groups is 1. The lowest BCUT2D eigenvalue weighted by Gasteiger charge is -2.17. The zero-order valence-corrected chi connectivity index (χ0v) is 18.2. The Labute approximate surface area is 182 Å². The van der Waals surface area contributed by atoms with Gasteiger partial charge in [-0.2, -0.15) is 5.10 Å². The number of rotatable bonds is 7. The normalized spacial score (nSPS) is 10.9. The molecule has 0 fully saturated rings. The molecule has 0 N–H and O–H groups in total. The van der Waals surface area contributed by atoms with E-state index >= 15 is 0 Å². The molecule has 5 nitrogen and oxygen atoms in total. The van der Waals surface area contributed by atoms with Crippen LogP contribution in [-0.2, 0) is 17.8 Å². The topological polar surface area (TPSA) is 51.3 Å². The minimum absolute atomic E-state index is 0.0870. The van der Waals surface area contributed by atoms with Gasteiger partial charge >= 0.3 is 0 Å². The molecule has 0 bridgehead atoms. The van der Waals surface area contributed by atoms with Crippen LogP contribution in [0.3, 0.4) is 0 Å². The molecule has 5 heteroatoms. The highest BCUT2D eigenvalue weighted by atomic mass is 16.3. The number of nitrogens with zero attached hydrogens (tertiary/aromatic N) is 3. The predicted octanol–water partition coefficient (Wildman–Crippen LogP) is 5.34. The Bertz CT molecular complexity index is 1160. The Kier molecular flexibility index (Phi) is 6.03. The standard InChI is InChI=1S/C26H27N3O2/c1-19-24(20(2)29(27-19)22-12-8-5-9-13-22)18-28(3)26(30)17-15-23-14-16-25(31-23)21-10-6-4-7-11-21/h4-14,16H,15,17-18H2,1-3H3. The van der Waals surface area contributed by atoms with Crippen LogP contribution in [0.15, 0.2) is 77.2 Å². The number of furan rings is 1. The van der Waals surface area contributed by atoms with Crippen LogP contribution in [0.4, 0.5) is 0 Å². The number of hydrogen-bond acceptors (Lipinski definition) is 3. The van der Waals surface area contributed by atoms with Crippen molar-refractivity contribution in [3.05, 3.63) is 95.5 Å². The van der Waals surface area contributed by atoms with E-state index in [2.05, 4.69) is 12.0 Å². The van der Waals surface area contributed by atoms with Crippen molar-refractivity contribution in [2.45, 2.75) is 33.2 Å². The van der Waals surface area contributed by atoms with Gasteiger partial charge in [-0.05, 0) is 38.1 Å². The Morgan fingerprint density at radius 2 is 1.65 bits per heavy atom. The SMILES string of the molecule is Cc1nn(-c2ccccc2)c(C)c1CN(C)C(=O)CCc1ccc(-c2ccccc2)o1. The fourth-order valence-corrected chi connectivity index (χ4v) is 3.74. The first-order valence-corrected chi connectivity index (χ1v) is 10.5. The van der Waals surface area contributed by atoms with Gasteiger partial charge in [0.1, 0.15) is 11.5 Å². The van der Waals surface area contributed by atoms with Crippen molar-refractivity contribution in [2.24, 2.45) is 0 Å². The second-order valence-corrected chi connectivity index (χ2v) is 7.78. The summed E-state index contributed by atoms with van der Waals surface area (Å²) in [6, 6.07) is 24.0. The number of benzene rings is 2. The Hall–Kier alpha value is -3.60. The largest absolute Gasteiger partial charge is 0.461 e. The van der Waals surface area contributed by atoms with E-state index in [1.807, 2.05) is 91.4 Å². The highest BCUT2D eigenvalue weighted by molar-refractivity contribution is 5.76. The first kappa shape index (κ1) is 20.7. The van der Waals surface area contributed by atoms with Gasteiger partial charge in [0.15, 0.2) is 0 Å². The van der Waals surface area contributed by atoms with Crippen LogP contribution in [0.5, 0.6) is 0 Å². The predicted molar refractivity (Wildman–Crippen MR) is 122 cm³/mol. The van der Waals surface area contributed by atoms with Crippen LogP contribution in [0.25, 0.3) is 17.0 Å². The number of aryl methyl sites for hydroxylation is 2. The zero-order valence-electron chi connectivity index (χ0n) is 18.2. The summed E-state index contributed by atoms with van der Waals surface area (Å²) < 4.78 is 7.87. The lowest BCUT2D eigenvalue weighted by Crippen LogP contribution is -2.26. The summed E-state index contributed by atoms with van der Waals surface area (Å²) in [6.07, 6.45) is 0.987. The van der Waals surface area contributed by atoms with Gasteiger partial charge in [-0.15, -0.1) is 0 Å². The molecule has 0 aliphatic rings. The minimum atomic E-state index is 0.0870. The van der Waals surface area contributed by atoms with E-state index in [1.54, 1.807) is 4.90 Å².